The van der Waals surface area contributed by atoms with Crippen molar-refractivity contribution in [3.8, 4) is 0 Å². The largest absolute Gasteiger partial charge is 0.299 e. The molecule has 2 nitrogen and oxygen atoms in total. The molecule has 19 heavy (non-hydrogen) atoms. The summed E-state index contributed by atoms with van der Waals surface area (Å²) in [6.45, 7) is 8.38. The molecule has 0 fully saturated rings. The van der Waals surface area contributed by atoms with E-state index < -0.39 is 0 Å². The molecule has 1 atom stereocenters. The van der Waals surface area contributed by atoms with Crippen molar-refractivity contribution >= 4 is 5.78 Å². The van der Waals surface area contributed by atoms with Gasteiger partial charge in [0.15, 0.2) is 0 Å². The fraction of sp³-hybridized carbons (Fsp3) is 0.562. The first kappa shape index (κ1) is 15.8. The summed E-state index contributed by atoms with van der Waals surface area (Å²) in [5.41, 5.74) is 0.371. The van der Waals surface area contributed by atoms with Gasteiger partial charge in [0.2, 0.25) is 0 Å². The Balaban J connectivity index is 2.62. The average molecular weight is 265 g/mol. The highest BCUT2D eigenvalue weighted by molar-refractivity contribution is 5.83. The van der Waals surface area contributed by atoms with Crippen molar-refractivity contribution < 1.29 is 9.18 Å². The van der Waals surface area contributed by atoms with E-state index in [4.69, 9.17) is 0 Å². The highest BCUT2D eigenvalue weighted by Crippen LogP contribution is 2.23. The molecule has 0 N–H and O–H groups in total. The van der Waals surface area contributed by atoms with Crippen molar-refractivity contribution in [2.45, 2.75) is 40.2 Å². The number of nitrogens with zero attached hydrogens (tertiary/aromatic N) is 1. The van der Waals surface area contributed by atoms with Gasteiger partial charge in [0.1, 0.15) is 11.6 Å². The van der Waals surface area contributed by atoms with E-state index in [0.717, 1.165) is 0 Å². The number of halogens is 1. The van der Waals surface area contributed by atoms with Gasteiger partial charge >= 0.3 is 0 Å². The molecule has 106 valence electrons. The quantitative estimate of drug-likeness (QED) is 0.806. The third-order valence-electron chi connectivity index (χ3n) is 3.54. The summed E-state index contributed by atoms with van der Waals surface area (Å²) in [4.78, 5) is 13.9. The first-order valence-corrected chi connectivity index (χ1v) is 6.71. The van der Waals surface area contributed by atoms with E-state index in [1.54, 1.807) is 12.1 Å². The number of carbonyl (C=O) groups excluding carboxylic acids is 1. The number of Topliss-reactive ketones (excluding diaryl/α,β-unsaturated/α-hetero) is 1. The smallest absolute Gasteiger partial charge is 0.139 e. The van der Waals surface area contributed by atoms with Crippen LogP contribution in [0.1, 0.15) is 45.7 Å². The van der Waals surface area contributed by atoms with Crippen LogP contribution in [0.15, 0.2) is 24.3 Å². The maximum absolute atomic E-state index is 13.7. The van der Waals surface area contributed by atoms with Gasteiger partial charge in [-0.15, -0.1) is 0 Å². The van der Waals surface area contributed by atoms with Gasteiger partial charge in [-0.2, -0.15) is 0 Å². The van der Waals surface area contributed by atoms with E-state index in [2.05, 4.69) is 0 Å². The summed E-state index contributed by atoms with van der Waals surface area (Å²) in [5, 5.41) is 0. The molecule has 1 aromatic rings. The topological polar surface area (TPSA) is 20.3 Å². The molecule has 0 saturated heterocycles. The zero-order valence-corrected chi connectivity index (χ0v) is 12.5. The molecule has 0 amide bonds. The molecular formula is C16H24FNO. The van der Waals surface area contributed by atoms with Crippen LogP contribution >= 0.6 is 0 Å². The van der Waals surface area contributed by atoms with Crippen LogP contribution in [-0.2, 0) is 4.79 Å². The first-order valence-electron chi connectivity index (χ1n) is 6.71. The molecule has 0 aliphatic rings. The fourth-order valence-corrected chi connectivity index (χ4v) is 1.90. The molecule has 1 rings (SSSR count). The van der Waals surface area contributed by atoms with Crippen LogP contribution in [0.25, 0.3) is 0 Å². The Labute approximate surface area is 115 Å². The number of rotatable bonds is 5. The average Bonchev–Trinajstić information content (AvgIpc) is 2.34. The van der Waals surface area contributed by atoms with Crippen molar-refractivity contribution in [1.82, 2.24) is 4.90 Å². The van der Waals surface area contributed by atoms with E-state index in [0.29, 0.717) is 18.5 Å². The predicted molar refractivity (Wildman–Crippen MR) is 76.5 cm³/mol. The molecule has 0 heterocycles. The van der Waals surface area contributed by atoms with Gasteiger partial charge in [-0.3, -0.25) is 9.69 Å². The maximum atomic E-state index is 13.7. The highest BCUT2D eigenvalue weighted by Gasteiger charge is 2.22. The van der Waals surface area contributed by atoms with Crippen molar-refractivity contribution in [3.05, 3.63) is 35.6 Å². The Hall–Kier alpha value is -1.22. The second-order valence-electron chi connectivity index (χ2n) is 6.10. The molecule has 0 spiro atoms. The van der Waals surface area contributed by atoms with E-state index in [-0.39, 0.29) is 23.1 Å². The zero-order valence-electron chi connectivity index (χ0n) is 12.5. The lowest BCUT2D eigenvalue weighted by molar-refractivity contribution is -0.126. The van der Waals surface area contributed by atoms with Crippen molar-refractivity contribution in [2.75, 3.05) is 13.6 Å². The number of benzene rings is 1. The summed E-state index contributed by atoms with van der Waals surface area (Å²) in [5.74, 6) is 0.0454. The van der Waals surface area contributed by atoms with E-state index in [9.17, 15) is 9.18 Å². The summed E-state index contributed by atoms with van der Waals surface area (Å²) in [6.07, 6.45) is 0.499. The minimum atomic E-state index is -0.303. The lowest BCUT2D eigenvalue weighted by Crippen LogP contribution is -2.29. The Morgan fingerprint density at radius 3 is 2.42 bits per heavy atom. The third-order valence-corrected chi connectivity index (χ3v) is 3.54. The van der Waals surface area contributed by atoms with Crippen molar-refractivity contribution in [3.63, 3.8) is 0 Å². The Bertz CT molecular complexity index is 437. The van der Waals surface area contributed by atoms with Gasteiger partial charge in [-0.05, 0) is 20.0 Å². The number of hydrogen-bond acceptors (Lipinski definition) is 2. The van der Waals surface area contributed by atoms with E-state index in [1.165, 1.54) is 6.07 Å². The van der Waals surface area contributed by atoms with Crippen LogP contribution < -0.4 is 0 Å². The van der Waals surface area contributed by atoms with Gasteiger partial charge in [0.05, 0.1) is 0 Å². The Kier molecular flexibility index (Phi) is 5.24. The van der Waals surface area contributed by atoms with Gasteiger partial charge in [-0.25, -0.2) is 4.39 Å². The van der Waals surface area contributed by atoms with Crippen LogP contribution in [0.4, 0.5) is 4.39 Å². The molecule has 0 aliphatic heterocycles. The van der Waals surface area contributed by atoms with E-state index >= 15 is 0 Å². The lowest BCUT2D eigenvalue weighted by atomic mass is 9.89. The minimum Gasteiger partial charge on any atom is -0.299 e. The summed E-state index contributed by atoms with van der Waals surface area (Å²) < 4.78 is 13.7. The molecule has 1 unspecified atom stereocenters. The van der Waals surface area contributed by atoms with E-state index in [1.807, 2.05) is 45.7 Å². The molecule has 0 aliphatic carbocycles. The molecule has 3 heteroatoms. The van der Waals surface area contributed by atoms with Crippen molar-refractivity contribution in [1.29, 1.82) is 0 Å². The highest BCUT2D eigenvalue weighted by atomic mass is 19.1. The molecular weight excluding hydrogens is 241 g/mol. The van der Waals surface area contributed by atoms with Crippen LogP contribution in [0.2, 0.25) is 0 Å². The maximum Gasteiger partial charge on any atom is 0.139 e. The lowest BCUT2D eigenvalue weighted by Gasteiger charge is -2.26. The van der Waals surface area contributed by atoms with Gasteiger partial charge < -0.3 is 0 Å². The number of hydrogen-bond donors (Lipinski definition) is 0. The van der Waals surface area contributed by atoms with Crippen LogP contribution in [-0.4, -0.2) is 24.3 Å². The molecule has 0 saturated carbocycles. The monoisotopic (exact) mass is 265 g/mol. The number of ketones is 1. The standard InChI is InChI=1S/C16H24FNO/c1-12(13-8-6-7-9-14(13)17)18(5)11-10-15(19)16(2,3)4/h6-9,12H,10-11H2,1-5H3. The first-order chi connectivity index (χ1) is 8.73. The molecule has 0 aromatic heterocycles. The summed E-state index contributed by atoms with van der Waals surface area (Å²) in [6, 6.07) is 6.76. The minimum absolute atomic E-state index is 0.0334. The second kappa shape index (κ2) is 6.29. The van der Waals surface area contributed by atoms with Gasteiger partial charge in [0, 0.05) is 30.0 Å². The third kappa shape index (κ3) is 4.43. The molecule has 1 aromatic carbocycles. The number of carbonyl (C=O) groups is 1. The predicted octanol–water partition coefficient (Wildman–Crippen LogP) is 3.82. The summed E-state index contributed by atoms with van der Waals surface area (Å²) in [7, 11) is 1.92. The Morgan fingerprint density at radius 2 is 1.89 bits per heavy atom. The van der Waals surface area contributed by atoms with Gasteiger partial charge in [0.25, 0.3) is 0 Å². The SMILES string of the molecule is CC(c1ccccc1F)N(C)CCC(=O)C(C)(C)C. The van der Waals surface area contributed by atoms with Crippen LogP contribution in [0.5, 0.6) is 0 Å². The van der Waals surface area contributed by atoms with Crippen LogP contribution in [0.3, 0.4) is 0 Å². The zero-order chi connectivity index (χ0) is 14.6. The summed E-state index contributed by atoms with van der Waals surface area (Å²) >= 11 is 0. The fourth-order valence-electron chi connectivity index (χ4n) is 1.90. The van der Waals surface area contributed by atoms with Crippen LogP contribution in [0, 0.1) is 11.2 Å². The van der Waals surface area contributed by atoms with Crippen molar-refractivity contribution in [2.24, 2.45) is 5.41 Å². The van der Waals surface area contributed by atoms with Gasteiger partial charge in [-0.1, -0.05) is 39.0 Å². The second-order valence-corrected chi connectivity index (χ2v) is 6.10. The molecule has 0 bridgehead atoms. The molecule has 0 radical (unpaired) electrons. The Morgan fingerprint density at radius 1 is 1.32 bits per heavy atom. The normalized spacial score (nSPS) is 13.6.